The van der Waals surface area contributed by atoms with Crippen LogP contribution in [0.5, 0.6) is 0 Å². The van der Waals surface area contributed by atoms with E-state index in [2.05, 4.69) is 57.2 Å². The Morgan fingerprint density at radius 2 is 0.507 bits per heavy atom. The maximum absolute atomic E-state index is 12.9. The lowest BCUT2D eigenvalue weighted by Gasteiger charge is -2.18. The Labute approximate surface area is 467 Å². The molecule has 0 heterocycles. The van der Waals surface area contributed by atoms with Crippen LogP contribution in [0.25, 0.3) is 0 Å². The summed E-state index contributed by atoms with van der Waals surface area (Å²) in [5.41, 5.74) is 0. The zero-order valence-electron chi connectivity index (χ0n) is 50.6. The van der Waals surface area contributed by atoms with Gasteiger partial charge in [0, 0.05) is 19.3 Å². The number of hydrogen-bond donors (Lipinski definition) is 0. The van der Waals surface area contributed by atoms with Crippen LogP contribution in [0.15, 0.2) is 36.5 Å². The minimum atomic E-state index is -0.777. The number of hydrogen-bond acceptors (Lipinski definition) is 6. The molecular formula is C69H128O6. The van der Waals surface area contributed by atoms with Crippen molar-refractivity contribution in [2.24, 2.45) is 0 Å². The van der Waals surface area contributed by atoms with Crippen molar-refractivity contribution in [1.29, 1.82) is 0 Å². The molecule has 0 aromatic heterocycles. The Bertz CT molecular complexity index is 1250. The molecule has 0 aliphatic carbocycles. The van der Waals surface area contributed by atoms with Gasteiger partial charge in [-0.15, -0.1) is 0 Å². The Hall–Kier alpha value is -2.37. The highest BCUT2D eigenvalue weighted by atomic mass is 16.6. The highest BCUT2D eigenvalue weighted by Crippen LogP contribution is 2.18. The van der Waals surface area contributed by atoms with Gasteiger partial charge in [-0.3, -0.25) is 14.4 Å². The molecule has 440 valence electrons. The number of unbranched alkanes of at least 4 members (excludes halogenated alkanes) is 45. The largest absolute Gasteiger partial charge is 0.462 e. The predicted octanol–water partition coefficient (Wildman–Crippen LogP) is 22.8. The first-order valence-electron chi connectivity index (χ1n) is 33.5. The van der Waals surface area contributed by atoms with E-state index in [1.54, 1.807) is 0 Å². The molecule has 0 fully saturated rings. The summed E-state index contributed by atoms with van der Waals surface area (Å²) in [6.07, 6.45) is 79.0. The Morgan fingerprint density at radius 1 is 0.267 bits per heavy atom. The van der Waals surface area contributed by atoms with Crippen LogP contribution in [0.1, 0.15) is 367 Å². The monoisotopic (exact) mass is 1050 g/mol. The van der Waals surface area contributed by atoms with Gasteiger partial charge in [0.2, 0.25) is 0 Å². The lowest BCUT2D eigenvalue weighted by molar-refractivity contribution is -0.167. The molecule has 0 spiro atoms. The van der Waals surface area contributed by atoms with Crippen LogP contribution in [0, 0.1) is 0 Å². The average molecular weight is 1050 g/mol. The minimum absolute atomic E-state index is 0.0743. The highest BCUT2D eigenvalue weighted by Gasteiger charge is 2.19. The van der Waals surface area contributed by atoms with Crippen molar-refractivity contribution in [3.8, 4) is 0 Å². The lowest BCUT2D eigenvalue weighted by Crippen LogP contribution is -2.30. The summed E-state index contributed by atoms with van der Waals surface area (Å²) >= 11 is 0. The highest BCUT2D eigenvalue weighted by molar-refractivity contribution is 5.71. The van der Waals surface area contributed by atoms with Crippen molar-refractivity contribution in [2.45, 2.75) is 374 Å². The molecule has 1 unspecified atom stereocenters. The average Bonchev–Trinajstić information content (AvgIpc) is 3.41. The number of esters is 3. The first-order valence-corrected chi connectivity index (χ1v) is 33.5. The number of allylic oxidation sites excluding steroid dienone is 6. The molecule has 0 aliphatic rings. The molecule has 6 heteroatoms. The molecule has 0 rings (SSSR count). The van der Waals surface area contributed by atoms with E-state index in [9.17, 15) is 14.4 Å². The molecule has 0 radical (unpaired) electrons. The molecule has 1 atom stereocenters. The summed E-state index contributed by atoms with van der Waals surface area (Å²) in [7, 11) is 0. The summed E-state index contributed by atoms with van der Waals surface area (Å²) in [5.74, 6) is -0.873. The lowest BCUT2D eigenvalue weighted by atomic mass is 10.0. The Morgan fingerprint density at radius 3 is 0.827 bits per heavy atom. The molecular weight excluding hydrogens is 925 g/mol. The van der Waals surface area contributed by atoms with Crippen LogP contribution in [-0.2, 0) is 28.6 Å². The first kappa shape index (κ1) is 72.6. The van der Waals surface area contributed by atoms with Gasteiger partial charge in [0.15, 0.2) is 6.10 Å². The summed E-state index contributed by atoms with van der Waals surface area (Å²) in [6.45, 7) is 6.60. The third kappa shape index (κ3) is 62.4. The minimum Gasteiger partial charge on any atom is -0.462 e. The molecule has 75 heavy (non-hydrogen) atoms. The fraction of sp³-hybridized carbons (Fsp3) is 0.870. The Kier molecular flexibility index (Phi) is 62.1. The van der Waals surface area contributed by atoms with E-state index >= 15 is 0 Å². The molecule has 0 N–H and O–H groups in total. The fourth-order valence-corrected chi connectivity index (χ4v) is 10.1. The third-order valence-electron chi connectivity index (χ3n) is 15.1. The van der Waals surface area contributed by atoms with Crippen molar-refractivity contribution < 1.29 is 28.6 Å². The van der Waals surface area contributed by atoms with Crippen LogP contribution in [-0.4, -0.2) is 37.2 Å². The van der Waals surface area contributed by atoms with Gasteiger partial charge in [0.05, 0.1) is 0 Å². The predicted molar refractivity (Wildman–Crippen MR) is 326 cm³/mol. The van der Waals surface area contributed by atoms with E-state index in [4.69, 9.17) is 14.2 Å². The number of ether oxygens (including phenoxy) is 3. The molecule has 0 aliphatic heterocycles. The van der Waals surface area contributed by atoms with Crippen molar-refractivity contribution in [3.63, 3.8) is 0 Å². The first-order chi connectivity index (χ1) is 37.0. The van der Waals surface area contributed by atoms with E-state index in [1.165, 1.54) is 244 Å². The second-order valence-electron chi connectivity index (χ2n) is 22.7. The normalized spacial score (nSPS) is 12.2. The second kappa shape index (κ2) is 64.2. The van der Waals surface area contributed by atoms with Crippen LogP contribution in [0.2, 0.25) is 0 Å². The van der Waals surface area contributed by atoms with Gasteiger partial charge in [-0.1, -0.05) is 314 Å². The zero-order chi connectivity index (χ0) is 54.3. The number of carbonyl (C=O) groups is 3. The molecule has 6 nitrogen and oxygen atoms in total. The van der Waals surface area contributed by atoms with Crippen molar-refractivity contribution in [1.82, 2.24) is 0 Å². The van der Waals surface area contributed by atoms with Gasteiger partial charge >= 0.3 is 17.9 Å². The smallest absolute Gasteiger partial charge is 0.306 e. The molecule has 0 bridgehead atoms. The summed E-state index contributed by atoms with van der Waals surface area (Å²) < 4.78 is 16.9. The van der Waals surface area contributed by atoms with Crippen molar-refractivity contribution in [2.75, 3.05) is 13.2 Å². The van der Waals surface area contributed by atoms with E-state index < -0.39 is 6.10 Å². The Balaban J connectivity index is 4.09. The maximum Gasteiger partial charge on any atom is 0.306 e. The molecule has 0 saturated carbocycles. The SMILES string of the molecule is CCC/C=C\CCCCCCCC(=O)OCC(COC(=O)CCCCCCCCCCCCCCCCCCCCCCCCCCCCCCCC)OC(=O)CCCCCCCCC/C=C\C/C=C\CCCCC. The number of rotatable bonds is 62. The quantitative estimate of drug-likeness (QED) is 0.0261. The van der Waals surface area contributed by atoms with E-state index in [-0.39, 0.29) is 31.1 Å². The van der Waals surface area contributed by atoms with Crippen LogP contribution in [0.3, 0.4) is 0 Å². The second-order valence-corrected chi connectivity index (χ2v) is 22.7. The van der Waals surface area contributed by atoms with E-state index in [0.29, 0.717) is 19.3 Å². The molecule has 0 aromatic carbocycles. The molecule has 0 saturated heterocycles. The van der Waals surface area contributed by atoms with E-state index in [1.807, 2.05) is 0 Å². The zero-order valence-corrected chi connectivity index (χ0v) is 50.6. The topological polar surface area (TPSA) is 78.9 Å². The summed E-state index contributed by atoms with van der Waals surface area (Å²) in [6, 6.07) is 0. The van der Waals surface area contributed by atoms with Gasteiger partial charge in [-0.2, -0.15) is 0 Å². The van der Waals surface area contributed by atoms with Crippen molar-refractivity contribution in [3.05, 3.63) is 36.5 Å². The number of carbonyl (C=O) groups excluding carboxylic acids is 3. The standard InChI is InChI=1S/C69H128O6/c1-4-7-10-13-16-19-22-24-26-28-29-30-31-32-33-34-35-36-37-38-39-40-42-43-45-47-50-53-56-59-62-68(71)74-65-66(64-73-67(70)61-58-55-52-49-21-18-15-12-9-6-3)75-69(72)63-60-57-54-51-48-46-44-41-27-25-23-20-17-14-11-8-5-2/h12,15,17,20,25,27,66H,4-11,13-14,16,18-19,21-24,26,28-65H2,1-3H3/b15-12-,20-17-,27-25-. The van der Waals surface area contributed by atoms with Crippen LogP contribution >= 0.6 is 0 Å². The molecule has 0 aromatic rings. The summed E-state index contributed by atoms with van der Waals surface area (Å²) in [5, 5.41) is 0. The van der Waals surface area contributed by atoms with Crippen LogP contribution in [0.4, 0.5) is 0 Å². The third-order valence-corrected chi connectivity index (χ3v) is 15.1. The van der Waals surface area contributed by atoms with Gasteiger partial charge in [0.1, 0.15) is 13.2 Å². The van der Waals surface area contributed by atoms with Gasteiger partial charge < -0.3 is 14.2 Å². The van der Waals surface area contributed by atoms with Gasteiger partial charge in [-0.25, -0.2) is 0 Å². The fourth-order valence-electron chi connectivity index (χ4n) is 10.1. The maximum atomic E-state index is 12.9. The van der Waals surface area contributed by atoms with E-state index in [0.717, 1.165) is 83.5 Å². The summed E-state index contributed by atoms with van der Waals surface area (Å²) in [4.78, 5) is 38.2. The molecule has 0 amide bonds. The van der Waals surface area contributed by atoms with Crippen LogP contribution < -0.4 is 0 Å². The van der Waals surface area contributed by atoms with Crippen molar-refractivity contribution >= 4 is 17.9 Å². The van der Waals surface area contributed by atoms with Gasteiger partial charge in [0.25, 0.3) is 0 Å². The van der Waals surface area contributed by atoms with Gasteiger partial charge in [-0.05, 0) is 70.6 Å².